The third-order valence-corrected chi connectivity index (χ3v) is 2.24. The number of carbonyl (C=O) groups is 1. The molecule has 0 atom stereocenters. The van der Waals surface area contributed by atoms with Gasteiger partial charge < -0.3 is 5.32 Å². The molecule has 0 saturated heterocycles. The van der Waals surface area contributed by atoms with Gasteiger partial charge in [-0.1, -0.05) is 23.2 Å². The van der Waals surface area contributed by atoms with Crippen molar-refractivity contribution in [3.05, 3.63) is 21.9 Å². The minimum atomic E-state index is -0.333. The van der Waals surface area contributed by atoms with E-state index in [1.165, 1.54) is 0 Å². The average Bonchev–Trinajstić information content (AvgIpc) is 2.10. The Balaban J connectivity index is 3.02. The van der Waals surface area contributed by atoms with Crippen molar-refractivity contribution >= 4 is 46.4 Å². The number of halogens is 3. The first-order valence-corrected chi connectivity index (χ1v) is 5.02. The lowest BCUT2D eigenvalue weighted by Crippen LogP contribution is -2.14. The molecule has 0 spiro atoms. The second-order valence-corrected chi connectivity index (χ2v) is 3.62. The van der Waals surface area contributed by atoms with E-state index in [1.807, 2.05) is 0 Å². The number of rotatable bonds is 2. The van der Waals surface area contributed by atoms with Gasteiger partial charge in [0, 0.05) is 0 Å². The van der Waals surface area contributed by atoms with E-state index >= 15 is 0 Å². The molecule has 0 saturated carbocycles. The van der Waals surface area contributed by atoms with Crippen molar-refractivity contribution in [2.75, 3.05) is 11.2 Å². The fourth-order valence-electron chi connectivity index (χ4n) is 0.918. The molecule has 0 aliphatic heterocycles. The topological polar surface area (TPSA) is 42.0 Å². The fourth-order valence-corrected chi connectivity index (χ4v) is 1.56. The number of amides is 1. The van der Waals surface area contributed by atoms with Crippen molar-refractivity contribution < 1.29 is 4.79 Å². The number of hydrogen-bond acceptors (Lipinski definition) is 2. The molecule has 1 aromatic rings. The second kappa shape index (κ2) is 4.82. The molecule has 14 heavy (non-hydrogen) atoms. The molecule has 1 rings (SSSR count). The summed E-state index contributed by atoms with van der Waals surface area (Å²) in [6, 6.07) is 1.61. The normalized spacial score (nSPS) is 10.0. The minimum absolute atomic E-state index is 0.127. The smallest absolute Gasteiger partial charge is 0.239 e. The molecule has 0 aliphatic rings. The Morgan fingerprint density at radius 2 is 2.21 bits per heavy atom. The van der Waals surface area contributed by atoms with Crippen LogP contribution in [-0.4, -0.2) is 16.8 Å². The van der Waals surface area contributed by atoms with Gasteiger partial charge in [-0.15, -0.1) is 11.6 Å². The Morgan fingerprint density at radius 1 is 1.57 bits per heavy atom. The van der Waals surface area contributed by atoms with Crippen LogP contribution in [0.25, 0.3) is 0 Å². The molecule has 6 heteroatoms. The van der Waals surface area contributed by atoms with E-state index in [0.717, 1.165) is 5.56 Å². The summed E-state index contributed by atoms with van der Waals surface area (Å²) in [4.78, 5) is 14.8. The first-order chi connectivity index (χ1) is 6.54. The molecule has 3 nitrogen and oxygen atoms in total. The van der Waals surface area contributed by atoms with Crippen molar-refractivity contribution in [3.63, 3.8) is 0 Å². The van der Waals surface area contributed by atoms with E-state index in [1.54, 1.807) is 13.0 Å². The predicted molar refractivity (Wildman–Crippen MR) is 58.3 cm³/mol. The van der Waals surface area contributed by atoms with Gasteiger partial charge >= 0.3 is 0 Å². The second-order valence-electron chi connectivity index (χ2n) is 2.61. The number of hydrogen-bond donors (Lipinski definition) is 1. The van der Waals surface area contributed by atoms with E-state index < -0.39 is 0 Å². The van der Waals surface area contributed by atoms with E-state index in [0.29, 0.717) is 5.69 Å². The molecule has 0 bridgehead atoms. The van der Waals surface area contributed by atoms with Crippen LogP contribution in [-0.2, 0) is 4.79 Å². The summed E-state index contributed by atoms with van der Waals surface area (Å²) in [6.45, 7) is 1.77. The molecule has 1 N–H and O–H groups in total. The molecule has 1 heterocycles. The number of carbonyl (C=O) groups excluding carboxylic acids is 1. The van der Waals surface area contributed by atoms with Crippen LogP contribution in [0.15, 0.2) is 6.07 Å². The van der Waals surface area contributed by atoms with Gasteiger partial charge in [0.2, 0.25) is 5.91 Å². The Morgan fingerprint density at radius 3 is 2.71 bits per heavy atom. The highest BCUT2D eigenvalue weighted by Crippen LogP contribution is 2.26. The summed E-state index contributed by atoms with van der Waals surface area (Å²) >= 11 is 16.8. The highest BCUT2D eigenvalue weighted by atomic mass is 35.5. The number of aromatic nitrogens is 1. The highest BCUT2D eigenvalue weighted by Gasteiger charge is 2.09. The quantitative estimate of drug-likeness (QED) is 0.650. The van der Waals surface area contributed by atoms with Crippen molar-refractivity contribution in [1.29, 1.82) is 0 Å². The van der Waals surface area contributed by atoms with Crippen LogP contribution in [0.2, 0.25) is 10.3 Å². The van der Waals surface area contributed by atoms with E-state index in [-0.39, 0.29) is 22.1 Å². The zero-order valence-electron chi connectivity index (χ0n) is 7.27. The van der Waals surface area contributed by atoms with Gasteiger partial charge in [-0.05, 0) is 18.6 Å². The van der Waals surface area contributed by atoms with Gasteiger partial charge in [-0.2, -0.15) is 0 Å². The maximum atomic E-state index is 11.0. The highest BCUT2D eigenvalue weighted by molar-refractivity contribution is 6.35. The van der Waals surface area contributed by atoms with Crippen LogP contribution in [0.1, 0.15) is 5.56 Å². The average molecular weight is 254 g/mol. The van der Waals surface area contributed by atoms with E-state index in [9.17, 15) is 4.79 Å². The summed E-state index contributed by atoms with van der Waals surface area (Å²) in [5.41, 5.74) is 1.19. The van der Waals surface area contributed by atoms with Gasteiger partial charge in [-0.25, -0.2) is 4.98 Å². The van der Waals surface area contributed by atoms with Crippen molar-refractivity contribution in [2.24, 2.45) is 0 Å². The minimum Gasteiger partial charge on any atom is -0.322 e. The van der Waals surface area contributed by atoms with Gasteiger partial charge in [0.05, 0.1) is 5.69 Å². The van der Waals surface area contributed by atoms with Gasteiger partial charge in [0.1, 0.15) is 11.0 Å². The SMILES string of the molecule is Cc1cc(Cl)nc(Cl)c1NC(=O)CCl. The number of alkyl halides is 1. The number of aryl methyl sites for hydroxylation is 1. The predicted octanol–water partition coefficient (Wildman–Crippen LogP) is 2.87. The van der Waals surface area contributed by atoms with Crippen LogP contribution >= 0.6 is 34.8 Å². The molecule has 0 unspecified atom stereocenters. The fraction of sp³-hybridized carbons (Fsp3) is 0.250. The number of nitrogens with one attached hydrogen (secondary N) is 1. The Hall–Kier alpha value is -0.510. The largest absolute Gasteiger partial charge is 0.322 e. The zero-order valence-corrected chi connectivity index (χ0v) is 9.54. The van der Waals surface area contributed by atoms with Gasteiger partial charge in [-0.3, -0.25) is 4.79 Å². The molecule has 0 fully saturated rings. The Bertz CT molecular complexity index is 345. The molecule has 1 aromatic heterocycles. The third-order valence-electron chi connectivity index (χ3n) is 1.53. The maximum Gasteiger partial charge on any atom is 0.239 e. The van der Waals surface area contributed by atoms with Crippen molar-refractivity contribution in [3.8, 4) is 0 Å². The molecule has 1 amide bonds. The molecular weight excluding hydrogens is 246 g/mol. The van der Waals surface area contributed by atoms with Crippen LogP contribution < -0.4 is 5.32 Å². The van der Waals surface area contributed by atoms with Crippen LogP contribution in [0.4, 0.5) is 5.69 Å². The first-order valence-electron chi connectivity index (χ1n) is 3.73. The van der Waals surface area contributed by atoms with E-state index in [4.69, 9.17) is 34.8 Å². The van der Waals surface area contributed by atoms with Crippen LogP contribution in [0.5, 0.6) is 0 Å². The molecule has 0 aliphatic carbocycles. The number of nitrogens with zero attached hydrogens (tertiary/aromatic N) is 1. The molecule has 0 aromatic carbocycles. The molecular formula is C8H7Cl3N2O. The van der Waals surface area contributed by atoms with E-state index in [2.05, 4.69) is 10.3 Å². The molecule has 0 radical (unpaired) electrons. The summed E-state index contributed by atoms with van der Waals surface area (Å²) in [5, 5.41) is 2.98. The Kier molecular flexibility index (Phi) is 3.98. The summed E-state index contributed by atoms with van der Waals surface area (Å²) in [5.74, 6) is -0.459. The monoisotopic (exact) mass is 252 g/mol. The molecule has 76 valence electrons. The van der Waals surface area contributed by atoms with Crippen LogP contribution in [0, 0.1) is 6.92 Å². The lowest BCUT2D eigenvalue weighted by Gasteiger charge is -2.08. The van der Waals surface area contributed by atoms with Gasteiger partial charge in [0.25, 0.3) is 0 Å². The summed E-state index contributed by atoms with van der Waals surface area (Å²) in [6.07, 6.45) is 0. The third kappa shape index (κ3) is 2.74. The number of anilines is 1. The Labute approximate surface area is 96.4 Å². The number of pyridine rings is 1. The summed E-state index contributed by atoms with van der Waals surface area (Å²) in [7, 11) is 0. The van der Waals surface area contributed by atoms with Crippen molar-refractivity contribution in [1.82, 2.24) is 4.98 Å². The first kappa shape index (κ1) is 11.6. The summed E-state index contributed by atoms with van der Waals surface area (Å²) < 4.78 is 0. The standard InChI is InChI=1S/C8H7Cl3N2O/c1-4-2-5(10)12-8(11)7(4)13-6(14)3-9/h2H,3H2,1H3,(H,13,14). The lowest BCUT2D eigenvalue weighted by molar-refractivity contribution is -0.113. The van der Waals surface area contributed by atoms with Crippen LogP contribution in [0.3, 0.4) is 0 Å². The lowest BCUT2D eigenvalue weighted by atomic mass is 10.2. The zero-order chi connectivity index (χ0) is 10.7. The maximum absolute atomic E-state index is 11.0. The van der Waals surface area contributed by atoms with Crippen molar-refractivity contribution in [2.45, 2.75) is 6.92 Å². The van der Waals surface area contributed by atoms with Gasteiger partial charge in [0.15, 0.2) is 5.15 Å².